The van der Waals surface area contributed by atoms with E-state index in [0.29, 0.717) is 12.3 Å². The zero-order valence-corrected chi connectivity index (χ0v) is 21.3. The Morgan fingerprint density at radius 1 is 0.971 bits per heavy atom. The molecule has 0 fully saturated rings. The summed E-state index contributed by atoms with van der Waals surface area (Å²) < 4.78 is 2.17. The Balaban J connectivity index is 1.38. The van der Waals surface area contributed by atoms with Crippen LogP contribution < -0.4 is 0 Å². The van der Waals surface area contributed by atoms with Gasteiger partial charge in [0.25, 0.3) is 0 Å². The number of aromatic nitrogens is 3. The van der Waals surface area contributed by atoms with Crippen molar-refractivity contribution in [2.75, 3.05) is 19.8 Å². The summed E-state index contributed by atoms with van der Waals surface area (Å²) in [5.41, 5.74) is 6.98. The van der Waals surface area contributed by atoms with E-state index in [0.717, 1.165) is 29.4 Å². The van der Waals surface area contributed by atoms with Crippen LogP contribution in [0.5, 0.6) is 0 Å². The van der Waals surface area contributed by atoms with Crippen LogP contribution in [0.1, 0.15) is 52.3 Å². The number of carbonyl (C=O) groups is 1. The first kappa shape index (κ1) is 23.5. The molecule has 0 N–H and O–H groups in total. The van der Waals surface area contributed by atoms with Crippen LogP contribution in [-0.2, 0) is 13.0 Å². The molecule has 1 aromatic heterocycles. The van der Waals surface area contributed by atoms with Gasteiger partial charge in [0, 0.05) is 5.56 Å². The number of rotatable bonds is 9. The molecular weight excluding hydrogens is 452 g/mol. The molecule has 0 radical (unpaired) electrons. The highest BCUT2D eigenvalue weighted by atomic mass is 32.2. The van der Waals surface area contributed by atoms with Crippen molar-refractivity contribution in [2.45, 2.75) is 37.5 Å². The van der Waals surface area contributed by atoms with E-state index in [4.69, 9.17) is 0 Å². The van der Waals surface area contributed by atoms with E-state index in [-0.39, 0.29) is 11.8 Å². The van der Waals surface area contributed by atoms with Crippen molar-refractivity contribution >= 4 is 17.5 Å². The van der Waals surface area contributed by atoms with Crippen molar-refractivity contribution in [1.29, 1.82) is 0 Å². The van der Waals surface area contributed by atoms with E-state index >= 15 is 0 Å². The standard InChI is InChI=1S/C29H30N4OS/c1-4-26(32(2)3)28-30-31-29(33(28)18-20-10-6-5-7-11-20)35-19-27(34)23-15-14-22-16-21-12-8-9-13-24(21)25(22)17-23/h5-15,17,26H,4,16,18-19H2,1-3H3/t26-/m1/s1. The highest BCUT2D eigenvalue weighted by Crippen LogP contribution is 2.37. The zero-order chi connectivity index (χ0) is 24.4. The van der Waals surface area contributed by atoms with Gasteiger partial charge in [-0.1, -0.05) is 85.4 Å². The maximum absolute atomic E-state index is 13.2. The third kappa shape index (κ3) is 4.81. The predicted molar refractivity (Wildman–Crippen MR) is 142 cm³/mol. The highest BCUT2D eigenvalue weighted by molar-refractivity contribution is 7.99. The van der Waals surface area contributed by atoms with Crippen molar-refractivity contribution < 1.29 is 4.79 Å². The van der Waals surface area contributed by atoms with E-state index in [1.165, 1.54) is 39.6 Å². The van der Waals surface area contributed by atoms with Gasteiger partial charge in [0.15, 0.2) is 16.8 Å². The summed E-state index contributed by atoms with van der Waals surface area (Å²) in [4.78, 5) is 15.4. The van der Waals surface area contributed by atoms with Crippen LogP contribution in [0.15, 0.2) is 78.0 Å². The van der Waals surface area contributed by atoms with Crippen LogP contribution in [-0.4, -0.2) is 45.3 Å². The number of hydrogen-bond donors (Lipinski definition) is 0. The Morgan fingerprint density at radius 2 is 1.71 bits per heavy atom. The van der Waals surface area contributed by atoms with Crippen LogP contribution >= 0.6 is 11.8 Å². The first-order chi connectivity index (χ1) is 17.0. The molecule has 1 heterocycles. The number of nitrogens with zero attached hydrogens (tertiary/aromatic N) is 4. The molecule has 6 heteroatoms. The SMILES string of the molecule is CC[C@H](c1nnc(SCC(=O)c2ccc3c(c2)-c2ccccc2C3)n1Cc1ccccc1)N(C)C. The van der Waals surface area contributed by atoms with Crippen molar-refractivity contribution in [1.82, 2.24) is 19.7 Å². The molecule has 4 aromatic rings. The van der Waals surface area contributed by atoms with Gasteiger partial charge in [-0.25, -0.2) is 0 Å². The first-order valence-electron chi connectivity index (χ1n) is 12.1. The van der Waals surface area contributed by atoms with Crippen molar-refractivity contribution in [3.8, 4) is 11.1 Å². The van der Waals surface area contributed by atoms with Crippen molar-refractivity contribution in [3.05, 3.63) is 101 Å². The fourth-order valence-electron chi connectivity index (χ4n) is 4.86. The minimum absolute atomic E-state index is 0.109. The molecule has 0 saturated heterocycles. The summed E-state index contributed by atoms with van der Waals surface area (Å²) in [6.45, 7) is 2.84. The number of carbonyl (C=O) groups excluding carboxylic acids is 1. The lowest BCUT2D eigenvalue weighted by Crippen LogP contribution is -2.23. The fraction of sp³-hybridized carbons (Fsp3) is 0.276. The van der Waals surface area contributed by atoms with Gasteiger partial charge in [0.2, 0.25) is 0 Å². The highest BCUT2D eigenvalue weighted by Gasteiger charge is 2.24. The molecule has 5 nitrogen and oxygen atoms in total. The van der Waals surface area contributed by atoms with Crippen LogP contribution in [0.25, 0.3) is 11.1 Å². The third-order valence-electron chi connectivity index (χ3n) is 6.69. The Labute approximate surface area is 211 Å². The molecule has 0 saturated carbocycles. The summed E-state index contributed by atoms with van der Waals surface area (Å²) in [7, 11) is 4.14. The number of thioether (sulfide) groups is 1. The Bertz CT molecular complexity index is 1350. The Kier molecular flexibility index (Phi) is 6.84. The monoisotopic (exact) mass is 482 g/mol. The predicted octanol–water partition coefficient (Wildman–Crippen LogP) is 5.89. The molecule has 1 aliphatic rings. The third-order valence-corrected chi connectivity index (χ3v) is 7.66. The second kappa shape index (κ2) is 10.2. The van der Waals surface area contributed by atoms with E-state index in [1.807, 2.05) is 24.3 Å². The van der Waals surface area contributed by atoms with Gasteiger partial charge in [0.05, 0.1) is 18.3 Å². The molecule has 0 spiro atoms. The number of hydrogen-bond acceptors (Lipinski definition) is 5. The van der Waals surface area contributed by atoms with E-state index in [2.05, 4.69) is 89.2 Å². The molecule has 5 rings (SSSR count). The second-order valence-electron chi connectivity index (χ2n) is 9.22. The maximum Gasteiger partial charge on any atom is 0.192 e. The second-order valence-corrected chi connectivity index (χ2v) is 10.2. The lowest BCUT2D eigenvalue weighted by atomic mass is 10.0. The fourth-order valence-corrected chi connectivity index (χ4v) is 5.70. The summed E-state index contributed by atoms with van der Waals surface area (Å²) in [5.74, 6) is 1.37. The van der Waals surface area contributed by atoms with E-state index in [9.17, 15) is 4.79 Å². The zero-order valence-electron chi connectivity index (χ0n) is 20.4. The van der Waals surface area contributed by atoms with Crippen molar-refractivity contribution in [3.63, 3.8) is 0 Å². The molecule has 0 unspecified atom stereocenters. The van der Waals surface area contributed by atoms with Gasteiger partial charge in [0.1, 0.15) is 0 Å². The maximum atomic E-state index is 13.2. The molecule has 0 aliphatic heterocycles. The molecule has 0 bridgehead atoms. The Hall–Kier alpha value is -3.22. The largest absolute Gasteiger partial charge is 0.300 e. The summed E-state index contributed by atoms with van der Waals surface area (Å²) >= 11 is 1.47. The molecule has 178 valence electrons. The van der Waals surface area contributed by atoms with Crippen LogP contribution in [0.3, 0.4) is 0 Å². The topological polar surface area (TPSA) is 51.0 Å². The molecule has 1 aliphatic carbocycles. The number of Topliss-reactive ketones (excluding diaryl/α,β-unsaturated/α-hetero) is 1. The molecular formula is C29H30N4OS. The minimum Gasteiger partial charge on any atom is -0.300 e. The Morgan fingerprint density at radius 3 is 2.49 bits per heavy atom. The van der Waals surface area contributed by atoms with Gasteiger partial charge in [-0.05, 0) is 60.8 Å². The van der Waals surface area contributed by atoms with Gasteiger partial charge >= 0.3 is 0 Å². The van der Waals surface area contributed by atoms with Gasteiger partial charge in [-0.2, -0.15) is 0 Å². The van der Waals surface area contributed by atoms with Gasteiger partial charge < -0.3 is 4.57 Å². The smallest absolute Gasteiger partial charge is 0.192 e. The summed E-state index contributed by atoms with van der Waals surface area (Å²) in [6, 6.07) is 25.1. The lowest BCUT2D eigenvalue weighted by Gasteiger charge is -2.23. The van der Waals surface area contributed by atoms with Crippen LogP contribution in [0, 0.1) is 0 Å². The van der Waals surface area contributed by atoms with Gasteiger partial charge in [-0.15, -0.1) is 10.2 Å². The van der Waals surface area contributed by atoms with Crippen LogP contribution in [0.4, 0.5) is 0 Å². The number of benzene rings is 3. The molecule has 0 amide bonds. The first-order valence-corrected chi connectivity index (χ1v) is 13.0. The summed E-state index contributed by atoms with van der Waals surface area (Å²) in [5, 5.41) is 9.86. The van der Waals surface area contributed by atoms with E-state index < -0.39 is 0 Å². The average molecular weight is 483 g/mol. The lowest BCUT2D eigenvalue weighted by molar-refractivity contribution is 0.102. The minimum atomic E-state index is 0.109. The van der Waals surface area contributed by atoms with Crippen LogP contribution in [0.2, 0.25) is 0 Å². The average Bonchev–Trinajstić information content (AvgIpc) is 3.44. The normalized spacial score (nSPS) is 13.0. The molecule has 3 aromatic carbocycles. The summed E-state index contributed by atoms with van der Waals surface area (Å²) in [6.07, 6.45) is 1.87. The molecule has 1 atom stereocenters. The van der Waals surface area contributed by atoms with Crippen molar-refractivity contribution in [2.24, 2.45) is 0 Å². The number of fused-ring (bicyclic) bond motifs is 3. The van der Waals surface area contributed by atoms with Gasteiger partial charge in [-0.3, -0.25) is 9.69 Å². The number of ketones is 1. The molecule has 35 heavy (non-hydrogen) atoms. The quantitative estimate of drug-likeness (QED) is 0.194. The van der Waals surface area contributed by atoms with E-state index in [1.54, 1.807) is 0 Å².